The zero-order chi connectivity index (χ0) is 14.8. The number of carboxylic acids is 1. The molecule has 1 atom stereocenters. The van der Waals surface area contributed by atoms with Gasteiger partial charge in [-0.25, -0.2) is 4.79 Å². The molecule has 1 aliphatic rings. The molecule has 0 saturated heterocycles. The highest BCUT2D eigenvalue weighted by Crippen LogP contribution is 2.32. The van der Waals surface area contributed by atoms with Gasteiger partial charge in [0.25, 0.3) is 5.60 Å². The van der Waals surface area contributed by atoms with Crippen LogP contribution in [0.25, 0.3) is 0 Å². The molecule has 0 radical (unpaired) electrons. The lowest BCUT2D eigenvalue weighted by atomic mass is 9.94. The summed E-state index contributed by atoms with van der Waals surface area (Å²) in [6.45, 7) is -0.159. The number of hydrogen-bond donors (Lipinski definition) is 2. The zero-order valence-corrected chi connectivity index (χ0v) is 11.3. The van der Waals surface area contributed by atoms with E-state index in [4.69, 9.17) is 20.0 Å². The molecule has 0 amide bonds. The summed E-state index contributed by atoms with van der Waals surface area (Å²) in [5, 5.41) is 13.1. The Kier molecular flexibility index (Phi) is 3.80. The maximum atomic E-state index is 11.3. The standard InChI is InChI=1S/C13H16N2O5/c1-18-8-3-4-9(11(5-8)19-2)10-6-13(7-14,12(16)17)20-15-10/h3-5H,6-7,14H2,1-2H3,(H,16,17). The van der Waals surface area contributed by atoms with E-state index in [0.717, 1.165) is 0 Å². The molecule has 1 aromatic rings. The molecular weight excluding hydrogens is 264 g/mol. The number of hydrogen-bond acceptors (Lipinski definition) is 6. The highest BCUT2D eigenvalue weighted by atomic mass is 16.7. The number of aliphatic carboxylic acids is 1. The van der Waals surface area contributed by atoms with Gasteiger partial charge in [-0.15, -0.1) is 0 Å². The Bertz CT molecular complexity index is 558. The normalized spacial score (nSPS) is 21.1. The monoisotopic (exact) mass is 280 g/mol. The van der Waals surface area contributed by atoms with Gasteiger partial charge in [0.2, 0.25) is 0 Å². The van der Waals surface area contributed by atoms with Crippen molar-refractivity contribution >= 4 is 11.7 Å². The fraction of sp³-hybridized carbons (Fsp3) is 0.385. The number of methoxy groups -OCH3 is 2. The van der Waals surface area contributed by atoms with Crippen molar-refractivity contribution in [3.8, 4) is 11.5 Å². The van der Waals surface area contributed by atoms with Gasteiger partial charge in [-0.3, -0.25) is 0 Å². The first-order chi connectivity index (χ1) is 9.56. The third-order valence-electron chi connectivity index (χ3n) is 3.22. The summed E-state index contributed by atoms with van der Waals surface area (Å²) < 4.78 is 10.4. The van der Waals surface area contributed by atoms with Gasteiger partial charge in [0, 0.05) is 24.6 Å². The number of nitrogens with two attached hydrogens (primary N) is 1. The molecule has 0 bridgehead atoms. The van der Waals surface area contributed by atoms with Crippen molar-refractivity contribution in [2.75, 3.05) is 20.8 Å². The smallest absolute Gasteiger partial charge is 0.352 e. The van der Waals surface area contributed by atoms with Crippen molar-refractivity contribution in [3.63, 3.8) is 0 Å². The molecule has 3 N–H and O–H groups in total. The minimum Gasteiger partial charge on any atom is -0.497 e. The molecule has 0 spiro atoms. The molecule has 1 aromatic carbocycles. The first kappa shape index (κ1) is 14.1. The average Bonchev–Trinajstić information content (AvgIpc) is 2.92. The Labute approximate surface area is 115 Å². The Hall–Kier alpha value is -2.28. The second-order valence-corrected chi connectivity index (χ2v) is 4.38. The molecule has 0 aromatic heterocycles. The van der Waals surface area contributed by atoms with E-state index in [1.807, 2.05) is 0 Å². The van der Waals surface area contributed by atoms with Crippen LogP contribution in [-0.4, -0.2) is 43.2 Å². The van der Waals surface area contributed by atoms with Crippen LogP contribution >= 0.6 is 0 Å². The molecule has 7 nitrogen and oxygen atoms in total. The Morgan fingerprint density at radius 3 is 2.75 bits per heavy atom. The van der Waals surface area contributed by atoms with E-state index in [9.17, 15) is 9.90 Å². The van der Waals surface area contributed by atoms with Gasteiger partial charge in [0.05, 0.1) is 19.9 Å². The Morgan fingerprint density at radius 1 is 1.50 bits per heavy atom. The Balaban J connectivity index is 2.32. The zero-order valence-electron chi connectivity index (χ0n) is 11.3. The van der Waals surface area contributed by atoms with Crippen LogP contribution in [0.2, 0.25) is 0 Å². The maximum absolute atomic E-state index is 11.3. The molecule has 108 valence electrons. The van der Waals surface area contributed by atoms with Crippen molar-refractivity contribution in [2.45, 2.75) is 12.0 Å². The lowest BCUT2D eigenvalue weighted by Crippen LogP contribution is -2.45. The first-order valence-electron chi connectivity index (χ1n) is 5.97. The van der Waals surface area contributed by atoms with Crippen molar-refractivity contribution in [2.24, 2.45) is 10.9 Å². The van der Waals surface area contributed by atoms with Gasteiger partial charge in [-0.2, -0.15) is 0 Å². The predicted octanol–water partition coefficient (Wildman–Crippen LogP) is 0.610. The average molecular weight is 280 g/mol. The second kappa shape index (κ2) is 5.38. The van der Waals surface area contributed by atoms with Crippen LogP contribution in [-0.2, 0) is 9.63 Å². The highest BCUT2D eigenvalue weighted by Gasteiger charge is 2.46. The highest BCUT2D eigenvalue weighted by molar-refractivity contribution is 6.06. The van der Waals surface area contributed by atoms with E-state index in [2.05, 4.69) is 5.16 Å². The minimum atomic E-state index is -1.50. The first-order valence-corrected chi connectivity index (χ1v) is 5.97. The van der Waals surface area contributed by atoms with Crippen LogP contribution in [0.3, 0.4) is 0 Å². The quantitative estimate of drug-likeness (QED) is 0.819. The van der Waals surface area contributed by atoms with Crippen LogP contribution in [0.1, 0.15) is 12.0 Å². The fourth-order valence-electron chi connectivity index (χ4n) is 1.97. The number of ether oxygens (including phenoxy) is 2. The molecule has 0 aliphatic carbocycles. The van der Waals surface area contributed by atoms with E-state index < -0.39 is 11.6 Å². The summed E-state index contributed by atoms with van der Waals surface area (Å²) in [6.07, 6.45) is 0.0848. The van der Waals surface area contributed by atoms with E-state index in [1.165, 1.54) is 7.11 Å². The van der Waals surface area contributed by atoms with Gasteiger partial charge in [0.15, 0.2) is 0 Å². The number of nitrogens with zero attached hydrogens (tertiary/aromatic N) is 1. The summed E-state index contributed by atoms with van der Waals surface area (Å²) in [4.78, 5) is 16.3. The van der Waals surface area contributed by atoms with E-state index >= 15 is 0 Å². The topological polar surface area (TPSA) is 103 Å². The molecule has 0 saturated carbocycles. The van der Waals surface area contributed by atoms with E-state index in [-0.39, 0.29) is 13.0 Å². The SMILES string of the molecule is COc1ccc(C2=NOC(CN)(C(=O)O)C2)c(OC)c1. The number of rotatable bonds is 5. The van der Waals surface area contributed by atoms with Crippen LogP contribution in [0.4, 0.5) is 0 Å². The largest absolute Gasteiger partial charge is 0.497 e. The van der Waals surface area contributed by atoms with Gasteiger partial charge in [0.1, 0.15) is 11.5 Å². The minimum absolute atomic E-state index is 0.0848. The van der Waals surface area contributed by atoms with Crippen LogP contribution in [0, 0.1) is 0 Å². The van der Waals surface area contributed by atoms with E-state index in [1.54, 1.807) is 25.3 Å². The number of oxime groups is 1. The van der Waals surface area contributed by atoms with Crippen molar-refractivity contribution in [1.29, 1.82) is 0 Å². The predicted molar refractivity (Wildman–Crippen MR) is 71.2 cm³/mol. The molecule has 20 heavy (non-hydrogen) atoms. The van der Waals surface area contributed by atoms with Crippen molar-refractivity contribution in [1.82, 2.24) is 0 Å². The molecule has 1 unspecified atom stereocenters. The molecule has 1 aliphatic heterocycles. The molecule has 2 rings (SSSR count). The van der Waals surface area contributed by atoms with Crippen LogP contribution in [0.5, 0.6) is 11.5 Å². The van der Waals surface area contributed by atoms with Crippen LogP contribution < -0.4 is 15.2 Å². The third-order valence-corrected chi connectivity index (χ3v) is 3.22. The van der Waals surface area contributed by atoms with Crippen molar-refractivity contribution in [3.05, 3.63) is 23.8 Å². The number of carboxylic acid groups (broad SMARTS) is 1. The van der Waals surface area contributed by atoms with E-state index in [0.29, 0.717) is 22.8 Å². The van der Waals surface area contributed by atoms with Gasteiger partial charge in [-0.05, 0) is 12.1 Å². The van der Waals surface area contributed by atoms with Gasteiger partial charge < -0.3 is 25.2 Å². The number of carbonyl (C=O) groups is 1. The summed E-state index contributed by atoms with van der Waals surface area (Å²) in [5.74, 6) is 0.0320. The van der Waals surface area contributed by atoms with Crippen LogP contribution in [0.15, 0.2) is 23.4 Å². The fourth-order valence-corrected chi connectivity index (χ4v) is 1.97. The molecule has 7 heteroatoms. The third kappa shape index (κ3) is 2.27. The molecular formula is C13H16N2O5. The molecule has 0 fully saturated rings. The van der Waals surface area contributed by atoms with Gasteiger partial charge >= 0.3 is 5.97 Å². The summed E-state index contributed by atoms with van der Waals surface area (Å²) in [7, 11) is 3.07. The maximum Gasteiger partial charge on any atom is 0.352 e. The van der Waals surface area contributed by atoms with Gasteiger partial charge in [-0.1, -0.05) is 5.16 Å². The second-order valence-electron chi connectivity index (χ2n) is 4.38. The Morgan fingerprint density at radius 2 is 2.25 bits per heavy atom. The lowest BCUT2D eigenvalue weighted by molar-refractivity contribution is -0.161. The lowest BCUT2D eigenvalue weighted by Gasteiger charge is -2.18. The molecule has 1 heterocycles. The summed E-state index contributed by atoms with van der Waals surface area (Å²) in [6, 6.07) is 5.18. The summed E-state index contributed by atoms with van der Waals surface area (Å²) >= 11 is 0. The summed E-state index contributed by atoms with van der Waals surface area (Å²) in [5.41, 5.74) is 5.14. The van der Waals surface area contributed by atoms with Crippen molar-refractivity contribution < 1.29 is 24.2 Å². The number of benzene rings is 1.